The van der Waals surface area contributed by atoms with Gasteiger partial charge >= 0.3 is 0 Å². The summed E-state index contributed by atoms with van der Waals surface area (Å²) in [4.78, 5) is 2.56. The van der Waals surface area contributed by atoms with E-state index >= 15 is 0 Å². The lowest BCUT2D eigenvalue weighted by Gasteiger charge is -2.48. The summed E-state index contributed by atoms with van der Waals surface area (Å²) in [6.45, 7) is 7.41. The van der Waals surface area contributed by atoms with Crippen molar-refractivity contribution >= 4 is 0 Å². The first-order valence-corrected chi connectivity index (χ1v) is 7.58. The Morgan fingerprint density at radius 2 is 2.21 bits per heavy atom. The molecule has 2 heterocycles. The Bertz CT molecular complexity index is 423. The summed E-state index contributed by atoms with van der Waals surface area (Å²) in [6, 6.07) is 2.63. The largest absolute Gasteiger partial charge is 0.360 e. The summed E-state index contributed by atoms with van der Waals surface area (Å²) < 4.78 is 5.38. The lowest BCUT2D eigenvalue weighted by molar-refractivity contribution is 0.0512. The molecule has 1 N–H and O–H groups in total. The molecule has 1 aliphatic carbocycles. The van der Waals surface area contributed by atoms with Gasteiger partial charge in [0.25, 0.3) is 0 Å². The third-order valence-corrected chi connectivity index (χ3v) is 4.75. The molecule has 2 fully saturated rings. The normalized spacial score (nSPS) is 27.8. The van der Waals surface area contributed by atoms with E-state index in [1.54, 1.807) is 0 Å². The van der Waals surface area contributed by atoms with Crippen LogP contribution in [0.3, 0.4) is 0 Å². The van der Waals surface area contributed by atoms with E-state index in [0.717, 1.165) is 31.1 Å². The summed E-state index contributed by atoms with van der Waals surface area (Å²) in [6.07, 6.45) is 6.80. The van der Waals surface area contributed by atoms with Gasteiger partial charge in [-0.15, -0.1) is 0 Å². The highest BCUT2D eigenvalue weighted by Gasteiger charge is 2.38. The number of nitrogens with zero attached hydrogens (tertiary/aromatic N) is 2. The van der Waals surface area contributed by atoms with Gasteiger partial charge < -0.3 is 9.84 Å². The number of hydrogen-bond acceptors (Lipinski definition) is 4. The summed E-state index contributed by atoms with van der Waals surface area (Å²) in [7, 11) is 0. The van der Waals surface area contributed by atoms with Crippen molar-refractivity contribution in [2.24, 2.45) is 0 Å². The maximum atomic E-state index is 5.38. The Labute approximate surface area is 115 Å². The lowest BCUT2D eigenvalue weighted by Crippen LogP contribution is -2.63. The zero-order chi connectivity index (χ0) is 13.3. The third kappa shape index (κ3) is 2.84. The highest BCUT2D eigenvalue weighted by atomic mass is 16.5. The predicted molar refractivity (Wildman–Crippen MR) is 74.9 cm³/mol. The van der Waals surface area contributed by atoms with Gasteiger partial charge in [0, 0.05) is 30.7 Å². The molecule has 0 radical (unpaired) electrons. The first-order chi connectivity index (χ1) is 9.17. The smallest absolute Gasteiger partial charge is 0.150 e. The number of rotatable bonds is 2. The van der Waals surface area contributed by atoms with Gasteiger partial charge in [-0.2, -0.15) is 0 Å². The highest BCUT2D eigenvalue weighted by molar-refractivity contribution is 5.05. The monoisotopic (exact) mass is 263 g/mol. The SMILES string of the molecule is Cc1cc(CN2CC3(CCCCC3)NCC2C)on1. The molecule has 1 spiro atoms. The molecule has 1 aromatic rings. The van der Waals surface area contributed by atoms with Crippen LogP contribution in [0.1, 0.15) is 50.5 Å². The molecule has 1 saturated heterocycles. The zero-order valence-electron chi connectivity index (χ0n) is 12.1. The second kappa shape index (κ2) is 5.25. The Balaban J connectivity index is 1.68. The fourth-order valence-electron chi connectivity index (χ4n) is 3.56. The van der Waals surface area contributed by atoms with Crippen molar-refractivity contribution in [3.05, 3.63) is 17.5 Å². The Hall–Kier alpha value is -0.870. The van der Waals surface area contributed by atoms with Crippen molar-refractivity contribution in [1.82, 2.24) is 15.4 Å². The van der Waals surface area contributed by atoms with Crippen LogP contribution in [0.25, 0.3) is 0 Å². The van der Waals surface area contributed by atoms with Gasteiger partial charge in [0.1, 0.15) is 0 Å². The maximum Gasteiger partial charge on any atom is 0.150 e. The molecule has 0 aromatic carbocycles. The molecular formula is C15H25N3O. The number of aryl methyl sites for hydroxylation is 1. The molecule has 1 saturated carbocycles. The highest BCUT2D eigenvalue weighted by Crippen LogP contribution is 2.32. The fraction of sp³-hybridized carbons (Fsp3) is 0.800. The van der Waals surface area contributed by atoms with Gasteiger partial charge in [-0.25, -0.2) is 0 Å². The average Bonchev–Trinajstić information content (AvgIpc) is 2.81. The van der Waals surface area contributed by atoms with E-state index in [0.29, 0.717) is 11.6 Å². The van der Waals surface area contributed by atoms with Crippen molar-refractivity contribution in [1.29, 1.82) is 0 Å². The average molecular weight is 263 g/mol. The van der Waals surface area contributed by atoms with E-state index in [4.69, 9.17) is 4.52 Å². The summed E-state index contributed by atoms with van der Waals surface area (Å²) >= 11 is 0. The summed E-state index contributed by atoms with van der Waals surface area (Å²) in [5.41, 5.74) is 1.34. The van der Waals surface area contributed by atoms with Crippen molar-refractivity contribution in [3.8, 4) is 0 Å². The van der Waals surface area contributed by atoms with Crippen LogP contribution in [0.4, 0.5) is 0 Å². The number of hydrogen-bond donors (Lipinski definition) is 1. The van der Waals surface area contributed by atoms with Gasteiger partial charge in [-0.05, 0) is 26.7 Å². The lowest BCUT2D eigenvalue weighted by atomic mass is 9.79. The van der Waals surface area contributed by atoms with Crippen LogP contribution in [-0.4, -0.2) is 34.7 Å². The van der Waals surface area contributed by atoms with Crippen LogP contribution >= 0.6 is 0 Å². The van der Waals surface area contributed by atoms with Crippen LogP contribution in [0.15, 0.2) is 10.6 Å². The van der Waals surface area contributed by atoms with E-state index < -0.39 is 0 Å². The quantitative estimate of drug-likeness (QED) is 0.890. The Morgan fingerprint density at radius 1 is 1.42 bits per heavy atom. The minimum Gasteiger partial charge on any atom is -0.360 e. The second-order valence-corrected chi connectivity index (χ2v) is 6.41. The predicted octanol–water partition coefficient (Wildman–Crippen LogP) is 2.48. The molecule has 4 nitrogen and oxygen atoms in total. The van der Waals surface area contributed by atoms with E-state index in [1.807, 2.05) is 6.92 Å². The molecule has 1 atom stereocenters. The molecule has 1 unspecified atom stereocenters. The first-order valence-electron chi connectivity index (χ1n) is 7.58. The van der Waals surface area contributed by atoms with Crippen LogP contribution in [0.2, 0.25) is 0 Å². The standard InChI is InChI=1S/C15H25N3O/c1-12-8-14(19-17-12)10-18-11-15(16-9-13(18)2)6-4-3-5-7-15/h8,13,16H,3-7,9-11H2,1-2H3. The Kier molecular flexibility index (Phi) is 3.63. The van der Waals surface area contributed by atoms with E-state index in [9.17, 15) is 0 Å². The van der Waals surface area contributed by atoms with Gasteiger partial charge in [-0.1, -0.05) is 24.4 Å². The molecule has 2 aliphatic rings. The second-order valence-electron chi connectivity index (χ2n) is 6.41. The van der Waals surface area contributed by atoms with Crippen LogP contribution in [0, 0.1) is 6.92 Å². The van der Waals surface area contributed by atoms with Gasteiger partial charge in [0.2, 0.25) is 0 Å². The molecule has 3 rings (SSSR count). The minimum absolute atomic E-state index is 0.361. The topological polar surface area (TPSA) is 41.3 Å². The van der Waals surface area contributed by atoms with Gasteiger partial charge in [0.05, 0.1) is 12.2 Å². The van der Waals surface area contributed by atoms with Crippen molar-refractivity contribution in [3.63, 3.8) is 0 Å². The maximum absolute atomic E-state index is 5.38. The number of nitrogens with one attached hydrogen (secondary N) is 1. The molecule has 0 bridgehead atoms. The van der Waals surface area contributed by atoms with E-state index in [-0.39, 0.29) is 0 Å². The molecule has 1 aliphatic heterocycles. The molecule has 1 aromatic heterocycles. The fourth-order valence-corrected chi connectivity index (χ4v) is 3.56. The van der Waals surface area contributed by atoms with E-state index in [2.05, 4.69) is 28.4 Å². The molecule has 19 heavy (non-hydrogen) atoms. The summed E-state index contributed by atoms with van der Waals surface area (Å²) in [5.74, 6) is 0.997. The van der Waals surface area contributed by atoms with Crippen LogP contribution < -0.4 is 5.32 Å². The number of aromatic nitrogens is 1. The minimum atomic E-state index is 0.361. The molecule has 0 amide bonds. The van der Waals surface area contributed by atoms with E-state index in [1.165, 1.54) is 32.1 Å². The van der Waals surface area contributed by atoms with Gasteiger partial charge in [-0.3, -0.25) is 4.90 Å². The third-order valence-electron chi connectivity index (χ3n) is 4.75. The van der Waals surface area contributed by atoms with Gasteiger partial charge in [0.15, 0.2) is 5.76 Å². The molecule has 106 valence electrons. The van der Waals surface area contributed by atoms with Crippen molar-refractivity contribution in [2.75, 3.05) is 13.1 Å². The Morgan fingerprint density at radius 3 is 2.89 bits per heavy atom. The van der Waals surface area contributed by atoms with Crippen molar-refractivity contribution < 1.29 is 4.52 Å². The molecular weight excluding hydrogens is 238 g/mol. The van der Waals surface area contributed by atoms with Crippen LogP contribution in [-0.2, 0) is 6.54 Å². The molecule has 4 heteroatoms. The zero-order valence-corrected chi connectivity index (χ0v) is 12.1. The first kappa shape index (κ1) is 13.1. The van der Waals surface area contributed by atoms with Crippen molar-refractivity contribution in [2.45, 2.75) is 64.1 Å². The van der Waals surface area contributed by atoms with Crippen LogP contribution in [0.5, 0.6) is 0 Å². The number of piperazine rings is 1. The summed E-state index contributed by atoms with van der Waals surface area (Å²) in [5, 5.41) is 7.81.